The van der Waals surface area contributed by atoms with Crippen LogP contribution in [0.25, 0.3) is 10.8 Å². The van der Waals surface area contributed by atoms with Gasteiger partial charge in [-0.05, 0) is 16.8 Å². The molecule has 92 valence electrons. The van der Waals surface area contributed by atoms with Crippen LogP contribution in [0.2, 0.25) is 0 Å². The number of carbonyl (C=O) groups excluding carboxylic acids is 1. The number of benzene rings is 2. The monoisotopic (exact) mass is 255 g/mol. The second-order valence-corrected chi connectivity index (χ2v) is 4.28. The zero-order valence-electron chi connectivity index (χ0n) is 9.29. The van der Waals surface area contributed by atoms with E-state index >= 15 is 0 Å². The highest BCUT2D eigenvalue weighted by Crippen LogP contribution is 2.21. The first-order chi connectivity index (χ1) is 7.59. The molecular weight excluding hydrogens is 242 g/mol. The highest BCUT2D eigenvalue weighted by atomic mass is 32.2. The number of quaternary nitrogens is 1. The van der Waals surface area contributed by atoms with Gasteiger partial charge in [0.2, 0.25) is 0 Å². The molecule has 0 heterocycles. The van der Waals surface area contributed by atoms with Crippen molar-refractivity contribution >= 4 is 27.7 Å². The van der Waals surface area contributed by atoms with Gasteiger partial charge in [-0.3, -0.25) is 0 Å². The van der Waals surface area contributed by atoms with Gasteiger partial charge in [-0.25, -0.2) is 8.42 Å². The Balaban J connectivity index is 0.000000811. The van der Waals surface area contributed by atoms with E-state index in [0.29, 0.717) is 5.39 Å². The van der Waals surface area contributed by atoms with Crippen LogP contribution in [0.4, 0.5) is 0 Å². The fourth-order valence-corrected chi connectivity index (χ4v) is 2.11. The van der Waals surface area contributed by atoms with Gasteiger partial charge in [-0.2, -0.15) is 0 Å². The van der Waals surface area contributed by atoms with Crippen molar-refractivity contribution in [2.24, 2.45) is 0 Å². The van der Waals surface area contributed by atoms with E-state index < -0.39 is 10.1 Å². The summed E-state index contributed by atoms with van der Waals surface area (Å²) in [6, 6.07) is 11.5. The van der Waals surface area contributed by atoms with E-state index in [2.05, 4.69) is 0 Å². The molecule has 0 unspecified atom stereocenters. The molecule has 2 rings (SSSR count). The molecule has 0 bridgehead atoms. The molecule has 5 nitrogen and oxygen atoms in total. The minimum Gasteiger partial charge on any atom is -0.744 e. The SMILES string of the molecule is C=O.O=S(=O)([O-])c1cccc2ccccc12.[NH4+]. The van der Waals surface area contributed by atoms with Gasteiger partial charge < -0.3 is 15.5 Å². The quantitative estimate of drug-likeness (QED) is 0.784. The summed E-state index contributed by atoms with van der Waals surface area (Å²) < 4.78 is 32.7. The second kappa shape index (κ2) is 6.09. The van der Waals surface area contributed by atoms with E-state index in [-0.39, 0.29) is 11.0 Å². The number of carbonyl (C=O) groups is 1. The summed E-state index contributed by atoms with van der Waals surface area (Å²) in [5, 5.41) is 1.23. The average Bonchev–Trinajstić information content (AvgIpc) is 2.30. The third kappa shape index (κ3) is 3.35. The Kier molecular flexibility index (Phi) is 5.46. The molecule has 0 amide bonds. The van der Waals surface area contributed by atoms with Crippen molar-refractivity contribution in [2.75, 3.05) is 0 Å². The smallest absolute Gasteiger partial charge is 0.125 e. The maximum atomic E-state index is 10.9. The minimum atomic E-state index is -4.38. The zero-order valence-corrected chi connectivity index (χ0v) is 10.1. The first kappa shape index (κ1) is 15.2. The van der Waals surface area contributed by atoms with E-state index in [9.17, 15) is 13.0 Å². The van der Waals surface area contributed by atoms with E-state index in [1.807, 2.05) is 6.79 Å². The topological polar surface area (TPSA) is 111 Å². The van der Waals surface area contributed by atoms with Gasteiger partial charge in [0.25, 0.3) is 0 Å². The Labute approximate surface area is 99.4 Å². The normalized spacial score (nSPS) is 9.94. The molecule has 0 aliphatic rings. The summed E-state index contributed by atoms with van der Waals surface area (Å²) in [6.45, 7) is 2.00. The predicted molar refractivity (Wildman–Crippen MR) is 65.0 cm³/mol. The van der Waals surface area contributed by atoms with Gasteiger partial charge in [-0.15, -0.1) is 0 Å². The van der Waals surface area contributed by atoms with E-state index in [4.69, 9.17) is 4.79 Å². The molecule has 0 saturated heterocycles. The van der Waals surface area contributed by atoms with Crippen LogP contribution in [0.3, 0.4) is 0 Å². The van der Waals surface area contributed by atoms with Crippen LogP contribution in [-0.4, -0.2) is 19.8 Å². The molecule has 0 aliphatic heterocycles. The number of hydrogen-bond acceptors (Lipinski definition) is 4. The maximum Gasteiger partial charge on any atom is 0.125 e. The number of rotatable bonds is 1. The Bertz CT molecular complexity index is 590. The lowest BCUT2D eigenvalue weighted by Crippen LogP contribution is -1.98. The van der Waals surface area contributed by atoms with Crippen molar-refractivity contribution in [1.82, 2.24) is 6.15 Å². The molecule has 2 aromatic carbocycles. The summed E-state index contributed by atoms with van der Waals surface area (Å²) in [6.07, 6.45) is 0. The Morgan fingerprint density at radius 2 is 1.47 bits per heavy atom. The zero-order chi connectivity index (χ0) is 12.2. The Hall–Kier alpha value is -1.76. The van der Waals surface area contributed by atoms with Crippen LogP contribution in [0.15, 0.2) is 47.4 Å². The van der Waals surface area contributed by atoms with Crippen LogP contribution in [-0.2, 0) is 14.9 Å². The molecule has 0 atom stereocenters. The van der Waals surface area contributed by atoms with Crippen LogP contribution in [0.5, 0.6) is 0 Å². The standard InChI is InChI=1S/C10H8O3S.CH2O.H3N/c11-14(12,13)10-7-3-5-8-4-1-2-6-9(8)10;1-2;/h1-7H,(H,11,12,13);1H2;1H3. The second-order valence-electron chi connectivity index (χ2n) is 2.93. The lowest BCUT2D eigenvalue weighted by atomic mass is 10.1. The molecule has 0 aliphatic carbocycles. The maximum absolute atomic E-state index is 10.9. The first-order valence-corrected chi connectivity index (χ1v) is 5.72. The lowest BCUT2D eigenvalue weighted by molar-refractivity contribution is -0.0979. The fourth-order valence-electron chi connectivity index (χ4n) is 1.41. The largest absolute Gasteiger partial charge is 0.744 e. The Morgan fingerprint density at radius 1 is 0.941 bits per heavy atom. The summed E-state index contributed by atoms with van der Waals surface area (Å²) in [5.41, 5.74) is 0. The summed E-state index contributed by atoms with van der Waals surface area (Å²) in [7, 11) is -4.38. The minimum absolute atomic E-state index is 0. The van der Waals surface area contributed by atoms with Crippen molar-refractivity contribution in [3.63, 3.8) is 0 Å². The Morgan fingerprint density at radius 3 is 2.06 bits per heavy atom. The summed E-state index contributed by atoms with van der Waals surface area (Å²) in [5.74, 6) is 0. The highest BCUT2D eigenvalue weighted by molar-refractivity contribution is 7.86. The number of hydrogen-bond donors (Lipinski definition) is 1. The summed E-state index contributed by atoms with van der Waals surface area (Å²) >= 11 is 0. The van der Waals surface area contributed by atoms with Gasteiger partial charge >= 0.3 is 0 Å². The molecule has 0 fully saturated rings. The third-order valence-electron chi connectivity index (χ3n) is 2.02. The fraction of sp³-hybridized carbons (Fsp3) is 0. The molecule has 6 heteroatoms. The van der Waals surface area contributed by atoms with E-state index in [1.165, 1.54) is 6.07 Å². The highest BCUT2D eigenvalue weighted by Gasteiger charge is 2.05. The van der Waals surface area contributed by atoms with Crippen molar-refractivity contribution < 1.29 is 17.8 Å². The van der Waals surface area contributed by atoms with Crippen LogP contribution >= 0.6 is 0 Å². The van der Waals surface area contributed by atoms with Crippen molar-refractivity contribution in [3.05, 3.63) is 42.5 Å². The van der Waals surface area contributed by atoms with Gasteiger partial charge in [-0.1, -0.05) is 36.4 Å². The molecule has 0 saturated carbocycles. The summed E-state index contributed by atoms with van der Waals surface area (Å²) in [4.78, 5) is 7.84. The predicted octanol–water partition coefficient (Wildman–Crippen LogP) is 1.94. The molecule has 4 N–H and O–H groups in total. The lowest BCUT2D eigenvalue weighted by Gasteiger charge is -2.09. The van der Waals surface area contributed by atoms with Gasteiger partial charge in [0.1, 0.15) is 16.9 Å². The van der Waals surface area contributed by atoms with Crippen LogP contribution < -0.4 is 6.15 Å². The van der Waals surface area contributed by atoms with Gasteiger partial charge in [0.15, 0.2) is 0 Å². The number of fused-ring (bicyclic) bond motifs is 1. The van der Waals surface area contributed by atoms with Crippen molar-refractivity contribution in [2.45, 2.75) is 4.90 Å². The molecule has 2 aromatic rings. The van der Waals surface area contributed by atoms with E-state index in [0.717, 1.165) is 5.39 Å². The van der Waals surface area contributed by atoms with Gasteiger partial charge in [0.05, 0.1) is 4.90 Å². The molecule has 0 aromatic heterocycles. The van der Waals surface area contributed by atoms with E-state index in [1.54, 1.807) is 36.4 Å². The van der Waals surface area contributed by atoms with Crippen molar-refractivity contribution in [1.29, 1.82) is 0 Å². The van der Waals surface area contributed by atoms with Crippen molar-refractivity contribution in [3.8, 4) is 0 Å². The molecular formula is C11H13NO4S. The van der Waals surface area contributed by atoms with Gasteiger partial charge in [0, 0.05) is 0 Å². The molecule has 17 heavy (non-hydrogen) atoms. The molecule has 0 radical (unpaired) electrons. The third-order valence-corrected chi connectivity index (χ3v) is 2.91. The molecule has 0 spiro atoms. The average molecular weight is 255 g/mol. The van der Waals surface area contributed by atoms with Crippen LogP contribution in [0.1, 0.15) is 0 Å². The van der Waals surface area contributed by atoms with Crippen LogP contribution in [0, 0.1) is 0 Å². The first-order valence-electron chi connectivity index (χ1n) is 4.31.